The van der Waals surface area contributed by atoms with E-state index >= 15 is 0 Å². The molecular formula is C36H42N6O6S. The summed E-state index contributed by atoms with van der Waals surface area (Å²) in [6.07, 6.45) is 2.45. The molecule has 0 saturated carbocycles. The highest BCUT2D eigenvalue weighted by molar-refractivity contribution is 7.92. The Balaban J connectivity index is 1.42. The molecule has 0 unspecified atom stereocenters. The van der Waals surface area contributed by atoms with Crippen LogP contribution in [0.1, 0.15) is 79.9 Å². The first-order chi connectivity index (χ1) is 23.1. The fourth-order valence-corrected chi connectivity index (χ4v) is 6.47. The maximum atomic E-state index is 13.4. The van der Waals surface area contributed by atoms with Crippen LogP contribution in [0, 0.1) is 19.3 Å². The van der Waals surface area contributed by atoms with Crippen LogP contribution in [-0.2, 0) is 16.6 Å². The number of anilines is 1. The number of furan rings is 1. The Hall–Kier alpha value is -4.88. The van der Waals surface area contributed by atoms with Gasteiger partial charge in [0.05, 0.1) is 28.0 Å². The third kappa shape index (κ3) is 8.98. The Morgan fingerprint density at radius 3 is 2.39 bits per heavy atom. The topological polar surface area (TPSA) is 169 Å². The zero-order valence-electron chi connectivity index (χ0n) is 28.7. The normalized spacial score (nSPS) is 12.7. The van der Waals surface area contributed by atoms with E-state index in [0.717, 1.165) is 40.6 Å². The van der Waals surface area contributed by atoms with Crippen LogP contribution >= 0.6 is 0 Å². The molecule has 0 spiro atoms. The van der Waals surface area contributed by atoms with Crippen molar-refractivity contribution in [3.63, 3.8) is 0 Å². The van der Waals surface area contributed by atoms with E-state index in [0.29, 0.717) is 23.5 Å². The number of carboxylic acid groups (broad SMARTS) is 1. The van der Waals surface area contributed by atoms with Gasteiger partial charge in [-0.2, -0.15) is 4.98 Å². The molecule has 2 aromatic carbocycles. The summed E-state index contributed by atoms with van der Waals surface area (Å²) in [5, 5.41) is 12.9. The van der Waals surface area contributed by atoms with Gasteiger partial charge in [-0.3, -0.25) is 0 Å². The lowest BCUT2D eigenvalue weighted by Crippen LogP contribution is -2.37. The lowest BCUT2D eigenvalue weighted by atomic mass is 9.88. The van der Waals surface area contributed by atoms with E-state index in [1.807, 2.05) is 38.1 Å². The molecule has 1 atom stereocenters. The molecule has 5 aromatic rings. The number of carboxylic acids is 1. The van der Waals surface area contributed by atoms with Gasteiger partial charge >= 0.3 is 5.97 Å². The highest BCUT2D eigenvalue weighted by Gasteiger charge is 2.23. The van der Waals surface area contributed by atoms with Gasteiger partial charge in [0.25, 0.3) is 10.0 Å². The number of rotatable bonds is 13. The molecule has 5 rings (SSSR count). The number of sulfonamides is 1. The summed E-state index contributed by atoms with van der Waals surface area (Å²) in [4.78, 5) is 29.4. The molecule has 3 N–H and O–H groups in total. The second kappa shape index (κ2) is 14.3. The quantitative estimate of drug-likeness (QED) is 0.118. The van der Waals surface area contributed by atoms with Crippen LogP contribution < -0.4 is 14.8 Å². The molecule has 13 heteroatoms. The molecule has 0 aliphatic heterocycles. The summed E-state index contributed by atoms with van der Waals surface area (Å²) in [6, 6.07) is 14.4. The summed E-state index contributed by atoms with van der Waals surface area (Å²) in [5.41, 5.74) is 4.93. The summed E-state index contributed by atoms with van der Waals surface area (Å²) >= 11 is 0. The number of benzene rings is 2. The van der Waals surface area contributed by atoms with E-state index in [-0.39, 0.29) is 46.3 Å². The Labute approximate surface area is 286 Å². The van der Waals surface area contributed by atoms with Crippen molar-refractivity contribution in [2.24, 2.45) is 5.41 Å². The van der Waals surface area contributed by atoms with Crippen molar-refractivity contribution >= 4 is 33.2 Å². The molecule has 0 radical (unpaired) electrons. The summed E-state index contributed by atoms with van der Waals surface area (Å²) in [7, 11) is -4.24. The van der Waals surface area contributed by atoms with E-state index in [2.05, 4.69) is 59.6 Å². The number of fused-ring (bicyclic) bond motifs is 1. The first kappa shape index (κ1) is 35.4. The smallest absolute Gasteiger partial charge is 0.335 e. The fourth-order valence-electron chi connectivity index (χ4n) is 5.48. The number of nitrogens with one attached hydrogen (secondary N) is 2. The maximum Gasteiger partial charge on any atom is 0.335 e. The Morgan fingerprint density at radius 2 is 1.71 bits per heavy atom. The van der Waals surface area contributed by atoms with Gasteiger partial charge in [0.1, 0.15) is 17.9 Å². The van der Waals surface area contributed by atoms with Crippen molar-refractivity contribution in [2.45, 2.75) is 78.3 Å². The number of carbonyl (C=O) groups is 1. The first-order valence-electron chi connectivity index (χ1n) is 16.0. The van der Waals surface area contributed by atoms with Gasteiger partial charge in [0.2, 0.25) is 17.5 Å². The molecule has 0 fully saturated rings. The van der Waals surface area contributed by atoms with Gasteiger partial charge in [-0.1, -0.05) is 58.9 Å². The molecule has 0 bridgehead atoms. The van der Waals surface area contributed by atoms with E-state index in [9.17, 15) is 18.3 Å². The second-order valence-corrected chi connectivity index (χ2v) is 15.3. The number of hydrogen-bond donors (Lipinski definition) is 3. The average Bonchev–Trinajstić information content (AvgIpc) is 3.46. The Morgan fingerprint density at radius 1 is 1.00 bits per heavy atom. The molecule has 3 aromatic heterocycles. The van der Waals surface area contributed by atoms with Gasteiger partial charge in [-0.25, -0.2) is 32.9 Å². The number of nitrogens with zero attached hydrogens (tertiary/aromatic N) is 4. The van der Waals surface area contributed by atoms with Crippen molar-refractivity contribution in [2.75, 3.05) is 11.3 Å². The van der Waals surface area contributed by atoms with E-state index in [4.69, 9.17) is 14.1 Å². The molecule has 49 heavy (non-hydrogen) atoms. The summed E-state index contributed by atoms with van der Waals surface area (Å²) in [5.74, 6) is -0.220. The monoisotopic (exact) mass is 686 g/mol. The van der Waals surface area contributed by atoms with Crippen molar-refractivity contribution in [3.8, 4) is 17.1 Å². The minimum absolute atomic E-state index is 0.0479. The van der Waals surface area contributed by atoms with Crippen LogP contribution in [0.25, 0.3) is 22.5 Å². The number of ether oxygens (including phenoxy) is 1. The van der Waals surface area contributed by atoms with Gasteiger partial charge in [0.15, 0.2) is 0 Å². The highest BCUT2D eigenvalue weighted by atomic mass is 32.2. The van der Waals surface area contributed by atoms with Crippen molar-refractivity contribution < 1.29 is 27.5 Å². The standard InChI is InChI=1S/C36H42N6O6S/c1-21(2)30-15-29-33(48-30)38-19-26(39-29)18-37-25(17-36(5,6)7)20-47-31-16-28(32-22(3)10-8-11-23(32)4)40-35(41-31)42-49(45,46)27-13-9-12-24(14-27)34(43)44/h8-16,19,21,25,37H,17-18,20H2,1-7H3,(H,43,44)(H,40,41,42)/t25-/m1/s1. The number of aromatic carboxylic acids is 1. The molecule has 0 amide bonds. The van der Waals surface area contributed by atoms with Crippen LogP contribution in [0.3, 0.4) is 0 Å². The summed E-state index contributed by atoms with van der Waals surface area (Å²) in [6.45, 7) is 15.1. The average molecular weight is 687 g/mol. The zero-order chi connectivity index (χ0) is 35.5. The van der Waals surface area contributed by atoms with Gasteiger partial charge < -0.3 is 19.6 Å². The van der Waals surface area contributed by atoms with Gasteiger partial charge in [0, 0.05) is 36.2 Å². The molecule has 0 aliphatic rings. The third-order valence-corrected chi connectivity index (χ3v) is 9.12. The molecule has 258 valence electrons. The number of hydrogen-bond acceptors (Lipinski definition) is 10. The maximum absolute atomic E-state index is 13.4. The lowest BCUT2D eigenvalue weighted by molar-refractivity contribution is 0.0696. The molecular weight excluding hydrogens is 644 g/mol. The van der Waals surface area contributed by atoms with Crippen LogP contribution in [0.2, 0.25) is 0 Å². The van der Waals surface area contributed by atoms with Crippen molar-refractivity contribution in [3.05, 3.63) is 88.9 Å². The van der Waals surface area contributed by atoms with Gasteiger partial charge in [-0.05, 0) is 55.0 Å². The SMILES string of the molecule is Cc1cccc(C)c1-c1cc(OC[C@@H](CC(C)(C)C)NCc2cnc3oc(C(C)C)cc3n2)nc(NS(=O)(=O)c2cccc(C(=O)O)c2)n1. The van der Waals surface area contributed by atoms with E-state index < -0.39 is 16.0 Å². The fraction of sp³-hybridized carbons (Fsp3) is 0.361. The van der Waals surface area contributed by atoms with Crippen LogP contribution in [0.15, 0.2) is 70.1 Å². The van der Waals surface area contributed by atoms with Crippen LogP contribution in [0.5, 0.6) is 5.88 Å². The third-order valence-electron chi connectivity index (χ3n) is 7.80. The minimum atomic E-state index is -4.24. The first-order valence-corrected chi connectivity index (χ1v) is 17.5. The largest absolute Gasteiger partial charge is 0.478 e. The number of aromatic nitrogens is 4. The van der Waals surface area contributed by atoms with Crippen LogP contribution in [0.4, 0.5) is 5.95 Å². The number of aryl methyl sites for hydroxylation is 2. The van der Waals surface area contributed by atoms with Gasteiger partial charge in [-0.15, -0.1) is 0 Å². The predicted octanol–water partition coefficient (Wildman–Crippen LogP) is 6.89. The van der Waals surface area contributed by atoms with E-state index in [1.54, 1.807) is 12.3 Å². The second-order valence-electron chi connectivity index (χ2n) is 13.6. The molecule has 0 aliphatic carbocycles. The lowest BCUT2D eigenvalue weighted by Gasteiger charge is -2.27. The Kier molecular flexibility index (Phi) is 10.3. The minimum Gasteiger partial charge on any atom is -0.478 e. The molecule has 12 nitrogen and oxygen atoms in total. The van der Waals surface area contributed by atoms with Crippen molar-refractivity contribution in [1.82, 2.24) is 25.3 Å². The summed E-state index contributed by atoms with van der Waals surface area (Å²) < 4.78 is 41.3. The predicted molar refractivity (Wildman–Crippen MR) is 187 cm³/mol. The zero-order valence-corrected chi connectivity index (χ0v) is 29.6. The van der Waals surface area contributed by atoms with E-state index in [1.165, 1.54) is 18.2 Å². The van der Waals surface area contributed by atoms with Crippen molar-refractivity contribution in [1.29, 1.82) is 0 Å². The molecule has 3 heterocycles. The Bertz CT molecular complexity index is 2070. The highest BCUT2D eigenvalue weighted by Crippen LogP contribution is 2.30. The van der Waals surface area contributed by atoms with Crippen LogP contribution in [-0.4, -0.2) is 52.1 Å². The molecule has 0 saturated heterocycles.